The number of benzene rings is 2. The zero-order chi connectivity index (χ0) is 24.6. The molecule has 4 rings (SSSR count). The second-order valence-electron chi connectivity index (χ2n) is 8.85. The van der Waals surface area contributed by atoms with Crippen molar-refractivity contribution in [2.75, 3.05) is 18.5 Å². The highest BCUT2D eigenvalue weighted by Gasteiger charge is 2.38. The van der Waals surface area contributed by atoms with Crippen LogP contribution in [0.4, 0.5) is 18.9 Å². The molecular formula is C25H27F3N2O4. The predicted molar refractivity (Wildman–Crippen MR) is 120 cm³/mol. The zero-order valence-electron chi connectivity index (χ0n) is 19.0. The van der Waals surface area contributed by atoms with Crippen LogP contribution in [0.2, 0.25) is 0 Å². The van der Waals surface area contributed by atoms with Crippen LogP contribution in [0.5, 0.6) is 5.75 Å². The SMILES string of the molecule is CNC(CC(=O)N1CCc2c1ccc(OCc1ccc(C3CC3)c(C(F)(F)F)c1)c2C)C(=O)O. The monoisotopic (exact) mass is 476 g/mol. The van der Waals surface area contributed by atoms with E-state index in [0.29, 0.717) is 35.5 Å². The molecule has 9 heteroatoms. The Morgan fingerprint density at radius 2 is 1.97 bits per heavy atom. The van der Waals surface area contributed by atoms with E-state index in [1.165, 1.54) is 13.1 Å². The van der Waals surface area contributed by atoms with E-state index in [4.69, 9.17) is 4.74 Å². The molecule has 2 aromatic carbocycles. The second-order valence-corrected chi connectivity index (χ2v) is 8.85. The fraction of sp³-hybridized carbons (Fsp3) is 0.440. The molecule has 2 aliphatic rings. The van der Waals surface area contributed by atoms with Gasteiger partial charge in [-0.2, -0.15) is 13.2 Å². The van der Waals surface area contributed by atoms with Gasteiger partial charge in [-0.25, -0.2) is 0 Å². The van der Waals surface area contributed by atoms with E-state index in [9.17, 15) is 27.9 Å². The number of nitrogens with zero attached hydrogens (tertiary/aromatic N) is 1. The third-order valence-electron chi connectivity index (χ3n) is 6.56. The summed E-state index contributed by atoms with van der Waals surface area (Å²) in [4.78, 5) is 25.5. The Balaban J connectivity index is 1.48. The van der Waals surface area contributed by atoms with E-state index in [-0.39, 0.29) is 24.9 Å². The maximum absolute atomic E-state index is 13.5. The Morgan fingerprint density at radius 1 is 1.24 bits per heavy atom. The van der Waals surface area contributed by atoms with Crippen molar-refractivity contribution >= 4 is 17.6 Å². The summed E-state index contributed by atoms with van der Waals surface area (Å²) in [5.41, 5.74) is 2.67. The van der Waals surface area contributed by atoms with Gasteiger partial charge in [-0.3, -0.25) is 9.59 Å². The minimum atomic E-state index is -4.40. The topological polar surface area (TPSA) is 78.9 Å². The van der Waals surface area contributed by atoms with E-state index in [2.05, 4.69) is 5.32 Å². The van der Waals surface area contributed by atoms with Gasteiger partial charge in [0.2, 0.25) is 5.91 Å². The van der Waals surface area contributed by atoms with Crippen LogP contribution in [0.15, 0.2) is 30.3 Å². The predicted octanol–water partition coefficient (Wildman–Crippen LogP) is 4.42. The minimum absolute atomic E-state index is 0.00123. The lowest BCUT2D eigenvalue weighted by Crippen LogP contribution is -2.40. The van der Waals surface area contributed by atoms with Crippen LogP contribution >= 0.6 is 0 Å². The van der Waals surface area contributed by atoms with Gasteiger partial charge in [0.25, 0.3) is 0 Å². The molecular weight excluding hydrogens is 449 g/mol. The summed E-state index contributed by atoms with van der Waals surface area (Å²) in [6.07, 6.45) is -2.39. The summed E-state index contributed by atoms with van der Waals surface area (Å²) in [6.45, 7) is 2.29. The molecule has 1 atom stereocenters. The third-order valence-corrected chi connectivity index (χ3v) is 6.56. The molecule has 34 heavy (non-hydrogen) atoms. The van der Waals surface area contributed by atoms with E-state index < -0.39 is 23.8 Å². The Bertz CT molecular complexity index is 1110. The van der Waals surface area contributed by atoms with Crippen molar-refractivity contribution in [3.05, 3.63) is 58.1 Å². The fourth-order valence-electron chi connectivity index (χ4n) is 4.50. The van der Waals surface area contributed by atoms with Gasteiger partial charge in [-0.15, -0.1) is 0 Å². The van der Waals surface area contributed by atoms with Crippen LogP contribution in [-0.4, -0.2) is 36.6 Å². The average Bonchev–Trinajstić information content (AvgIpc) is 3.54. The first-order valence-corrected chi connectivity index (χ1v) is 11.3. The lowest BCUT2D eigenvalue weighted by Gasteiger charge is -2.21. The molecule has 1 heterocycles. The first-order valence-electron chi connectivity index (χ1n) is 11.3. The number of carbonyl (C=O) groups is 2. The molecule has 0 bridgehead atoms. The Kier molecular flexibility index (Phi) is 6.58. The van der Waals surface area contributed by atoms with Gasteiger partial charge >= 0.3 is 12.1 Å². The minimum Gasteiger partial charge on any atom is -0.489 e. The number of ether oxygens (including phenoxy) is 1. The second kappa shape index (κ2) is 9.29. The maximum Gasteiger partial charge on any atom is 0.416 e. The van der Waals surface area contributed by atoms with Crippen molar-refractivity contribution in [3.8, 4) is 5.75 Å². The molecule has 1 aliphatic carbocycles. The normalized spacial score (nSPS) is 16.3. The van der Waals surface area contributed by atoms with Crippen LogP contribution in [-0.2, 0) is 28.8 Å². The number of hydrogen-bond acceptors (Lipinski definition) is 4. The summed E-state index contributed by atoms with van der Waals surface area (Å²) in [5, 5.41) is 11.8. The van der Waals surface area contributed by atoms with Crippen LogP contribution in [0, 0.1) is 6.92 Å². The third kappa shape index (κ3) is 4.89. The maximum atomic E-state index is 13.5. The average molecular weight is 476 g/mol. The molecule has 1 amide bonds. The van der Waals surface area contributed by atoms with Crippen LogP contribution < -0.4 is 15.0 Å². The molecule has 1 saturated carbocycles. The van der Waals surface area contributed by atoms with E-state index in [1.54, 1.807) is 29.2 Å². The number of likely N-dealkylation sites (N-methyl/N-ethyl adjacent to an activating group) is 1. The quantitative estimate of drug-likeness (QED) is 0.590. The van der Waals surface area contributed by atoms with Gasteiger partial charge in [0.05, 0.1) is 12.0 Å². The van der Waals surface area contributed by atoms with Crippen LogP contribution in [0.25, 0.3) is 0 Å². The molecule has 0 saturated heterocycles. The van der Waals surface area contributed by atoms with Crippen LogP contribution in [0.3, 0.4) is 0 Å². The number of anilines is 1. The molecule has 2 N–H and O–H groups in total. The van der Waals surface area contributed by atoms with Crippen molar-refractivity contribution in [2.24, 2.45) is 0 Å². The summed E-state index contributed by atoms with van der Waals surface area (Å²) >= 11 is 0. The number of aliphatic carboxylic acids is 1. The van der Waals surface area contributed by atoms with Crippen molar-refractivity contribution < 1.29 is 32.6 Å². The standard InChI is InChI=1S/C25H27F3N2O4/c1-14-17-9-10-30(23(31)12-20(29-2)24(32)33)21(17)7-8-22(14)34-13-15-3-6-18(16-4-5-16)19(11-15)25(26,27)28/h3,6-8,11,16,20,29H,4-5,9-10,12-13H2,1-2H3,(H,32,33). The smallest absolute Gasteiger partial charge is 0.416 e. The molecule has 1 unspecified atom stereocenters. The summed E-state index contributed by atoms with van der Waals surface area (Å²) in [6, 6.07) is 6.91. The fourth-order valence-corrected chi connectivity index (χ4v) is 4.50. The molecule has 0 radical (unpaired) electrons. The van der Waals surface area contributed by atoms with Crippen molar-refractivity contribution in [1.82, 2.24) is 5.32 Å². The van der Waals surface area contributed by atoms with Crippen molar-refractivity contribution in [3.63, 3.8) is 0 Å². The highest BCUT2D eigenvalue weighted by molar-refractivity contribution is 5.98. The molecule has 182 valence electrons. The lowest BCUT2D eigenvalue weighted by molar-refractivity contribution is -0.141. The highest BCUT2D eigenvalue weighted by Crippen LogP contribution is 2.46. The molecule has 2 aromatic rings. The van der Waals surface area contributed by atoms with Gasteiger partial charge in [0.1, 0.15) is 18.4 Å². The number of hydrogen-bond donors (Lipinski definition) is 2. The van der Waals surface area contributed by atoms with Gasteiger partial charge in [0.15, 0.2) is 0 Å². The van der Waals surface area contributed by atoms with Gasteiger partial charge in [-0.05, 0) is 79.6 Å². The molecule has 0 spiro atoms. The Morgan fingerprint density at radius 3 is 2.59 bits per heavy atom. The van der Waals surface area contributed by atoms with Gasteiger partial charge in [0, 0.05) is 12.2 Å². The van der Waals surface area contributed by atoms with Gasteiger partial charge in [-0.1, -0.05) is 12.1 Å². The Labute approximate surface area is 195 Å². The Hall–Kier alpha value is -3.07. The molecule has 0 aromatic heterocycles. The van der Waals surface area contributed by atoms with Crippen molar-refractivity contribution in [2.45, 2.75) is 57.3 Å². The van der Waals surface area contributed by atoms with E-state index >= 15 is 0 Å². The molecule has 1 fully saturated rings. The largest absolute Gasteiger partial charge is 0.489 e. The number of nitrogens with one attached hydrogen (secondary N) is 1. The first-order chi connectivity index (χ1) is 16.1. The summed E-state index contributed by atoms with van der Waals surface area (Å²) in [5.74, 6) is -0.834. The van der Waals surface area contributed by atoms with Gasteiger partial charge < -0.3 is 20.1 Å². The number of carboxylic acid groups (broad SMARTS) is 1. The molecule has 6 nitrogen and oxygen atoms in total. The number of fused-ring (bicyclic) bond motifs is 1. The number of rotatable bonds is 8. The number of carboxylic acids is 1. The number of carbonyl (C=O) groups excluding carboxylic acids is 1. The van der Waals surface area contributed by atoms with Crippen LogP contribution in [0.1, 0.15) is 53.0 Å². The number of amides is 1. The highest BCUT2D eigenvalue weighted by atomic mass is 19.4. The van der Waals surface area contributed by atoms with E-state index in [0.717, 1.165) is 24.0 Å². The van der Waals surface area contributed by atoms with E-state index in [1.807, 2.05) is 6.92 Å². The summed E-state index contributed by atoms with van der Waals surface area (Å²) < 4.78 is 46.5. The number of halogens is 3. The summed E-state index contributed by atoms with van der Waals surface area (Å²) in [7, 11) is 1.49. The lowest BCUT2D eigenvalue weighted by atomic mass is 10.00. The first kappa shape index (κ1) is 24.1. The zero-order valence-corrected chi connectivity index (χ0v) is 19.0. The molecule has 1 aliphatic heterocycles. The number of alkyl halides is 3. The van der Waals surface area contributed by atoms with Crippen molar-refractivity contribution in [1.29, 1.82) is 0 Å².